The van der Waals surface area contributed by atoms with Crippen LogP contribution in [0.1, 0.15) is 44.2 Å². The third kappa shape index (κ3) is 3.11. The fourth-order valence-corrected chi connectivity index (χ4v) is 3.81. The Kier molecular flexibility index (Phi) is 4.57. The number of nitrogen functional groups attached to an aromatic ring is 1. The van der Waals surface area contributed by atoms with Gasteiger partial charge in [-0.05, 0) is 46.9 Å². The van der Waals surface area contributed by atoms with E-state index in [9.17, 15) is 9.59 Å². The minimum Gasteiger partial charge on any atom is -0.478 e. The molecule has 28 heavy (non-hydrogen) atoms. The van der Waals surface area contributed by atoms with Crippen LogP contribution in [0.25, 0.3) is 11.1 Å². The quantitative estimate of drug-likeness (QED) is 0.513. The van der Waals surface area contributed by atoms with Crippen molar-refractivity contribution < 1.29 is 19.4 Å². The molecule has 0 bridgehead atoms. The van der Waals surface area contributed by atoms with Gasteiger partial charge in [-0.1, -0.05) is 48.5 Å². The average molecular weight is 373 g/mol. The highest BCUT2D eigenvalue weighted by Crippen LogP contribution is 2.45. The van der Waals surface area contributed by atoms with Crippen LogP contribution in [0, 0.1) is 0 Å². The molecular weight excluding hydrogens is 354 g/mol. The zero-order valence-electron chi connectivity index (χ0n) is 15.1. The van der Waals surface area contributed by atoms with Crippen LogP contribution in [0.2, 0.25) is 0 Å². The van der Waals surface area contributed by atoms with E-state index in [1.165, 1.54) is 40.5 Å². The van der Waals surface area contributed by atoms with Crippen molar-refractivity contribution in [2.24, 2.45) is 0 Å². The lowest BCUT2D eigenvalue weighted by molar-refractivity contribution is 0.0495. The van der Waals surface area contributed by atoms with Gasteiger partial charge in [0.25, 0.3) is 0 Å². The summed E-state index contributed by atoms with van der Waals surface area (Å²) in [7, 11) is 0. The Bertz CT molecular complexity index is 1030. The zero-order valence-corrected chi connectivity index (χ0v) is 15.1. The van der Waals surface area contributed by atoms with E-state index < -0.39 is 11.9 Å². The topological polar surface area (TPSA) is 89.6 Å². The van der Waals surface area contributed by atoms with Crippen LogP contribution in [0.5, 0.6) is 0 Å². The third-order valence-electron chi connectivity index (χ3n) is 5.12. The fraction of sp³-hybridized carbons (Fsp3) is 0.130. The molecule has 0 aromatic heterocycles. The molecule has 0 heterocycles. The summed E-state index contributed by atoms with van der Waals surface area (Å²) in [5.74, 6) is -1.46. The molecule has 0 saturated heterocycles. The molecule has 1 aliphatic carbocycles. The van der Waals surface area contributed by atoms with E-state index in [1.807, 2.05) is 24.3 Å². The highest BCUT2D eigenvalue weighted by molar-refractivity contribution is 5.97. The predicted molar refractivity (Wildman–Crippen MR) is 106 cm³/mol. The molecule has 5 nitrogen and oxygen atoms in total. The largest absolute Gasteiger partial charge is 0.478 e. The van der Waals surface area contributed by atoms with Crippen molar-refractivity contribution in [2.45, 2.75) is 12.3 Å². The number of carboxylic acids is 1. The number of esters is 1. The first-order valence-electron chi connectivity index (χ1n) is 9.04. The number of hydrogen-bond acceptors (Lipinski definition) is 4. The molecule has 0 aliphatic heterocycles. The molecule has 0 amide bonds. The van der Waals surface area contributed by atoms with Crippen LogP contribution in [0.15, 0.2) is 66.7 Å². The van der Waals surface area contributed by atoms with E-state index in [2.05, 4.69) is 24.3 Å². The Morgan fingerprint density at radius 3 is 2.11 bits per heavy atom. The van der Waals surface area contributed by atoms with E-state index in [0.717, 1.165) is 0 Å². The number of anilines is 1. The normalized spacial score (nSPS) is 12.3. The second-order valence-corrected chi connectivity index (χ2v) is 6.76. The predicted octanol–water partition coefficient (Wildman–Crippen LogP) is 4.33. The van der Waals surface area contributed by atoms with Crippen LogP contribution in [-0.2, 0) is 4.74 Å². The Balaban J connectivity index is 1.46. The van der Waals surface area contributed by atoms with Gasteiger partial charge in [-0.2, -0.15) is 0 Å². The Hall–Kier alpha value is -3.60. The van der Waals surface area contributed by atoms with Gasteiger partial charge in [-0.3, -0.25) is 0 Å². The van der Waals surface area contributed by atoms with Crippen LogP contribution >= 0.6 is 0 Å². The van der Waals surface area contributed by atoms with Gasteiger partial charge in [0.2, 0.25) is 0 Å². The van der Waals surface area contributed by atoms with Gasteiger partial charge in [-0.25, -0.2) is 9.59 Å². The van der Waals surface area contributed by atoms with E-state index in [0.29, 0.717) is 6.42 Å². The molecule has 0 atom stereocenters. The molecule has 4 rings (SSSR count). The Morgan fingerprint density at radius 2 is 1.54 bits per heavy atom. The van der Waals surface area contributed by atoms with Crippen molar-refractivity contribution in [1.29, 1.82) is 0 Å². The number of carbonyl (C=O) groups excluding carboxylic acids is 1. The zero-order chi connectivity index (χ0) is 19.7. The first kappa shape index (κ1) is 17.8. The van der Waals surface area contributed by atoms with Gasteiger partial charge in [0.1, 0.15) is 0 Å². The molecule has 0 spiro atoms. The average Bonchev–Trinajstić information content (AvgIpc) is 3.02. The maximum absolute atomic E-state index is 12.3. The van der Waals surface area contributed by atoms with Gasteiger partial charge in [0, 0.05) is 11.6 Å². The second kappa shape index (κ2) is 7.19. The van der Waals surface area contributed by atoms with Gasteiger partial charge in [0.15, 0.2) is 0 Å². The maximum Gasteiger partial charge on any atom is 0.338 e. The summed E-state index contributed by atoms with van der Waals surface area (Å²) in [6.45, 7) is 0.257. The standard InChI is InChI=1S/C23H19NO4/c24-21-13-14(9-10-20(21)22(25)26)23(27)28-12-11-19-17-7-3-1-5-15(17)16-6-2-4-8-18(16)19/h1-10,13,19H,11-12,24H2,(H,25,26). The minimum atomic E-state index is -1.13. The molecule has 1 aliphatic rings. The highest BCUT2D eigenvalue weighted by Gasteiger charge is 2.27. The van der Waals surface area contributed by atoms with Crippen molar-refractivity contribution in [3.63, 3.8) is 0 Å². The summed E-state index contributed by atoms with van der Waals surface area (Å²) < 4.78 is 5.43. The Labute approximate surface area is 162 Å². The van der Waals surface area contributed by atoms with Crippen molar-refractivity contribution >= 4 is 17.6 Å². The lowest BCUT2D eigenvalue weighted by Gasteiger charge is -2.14. The van der Waals surface area contributed by atoms with Crippen molar-refractivity contribution in [3.8, 4) is 11.1 Å². The van der Waals surface area contributed by atoms with Crippen LogP contribution in [-0.4, -0.2) is 23.7 Å². The number of aromatic carboxylic acids is 1. The molecule has 0 unspecified atom stereocenters. The number of hydrogen-bond donors (Lipinski definition) is 2. The van der Waals surface area contributed by atoms with Crippen molar-refractivity contribution in [3.05, 3.63) is 89.0 Å². The lowest BCUT2D eigenvalue weighted by atomic mass is 9.94. The van der Waals surface area contributed by atoms with Crippen molar-refractivity contribution in [1.82, 2.24) is 0 Å². The first-order valence-corrected chi connectivity index (χ1v) is 9.04. The molecule has 3 aromatic carbocycles. The van der Waals surface area contributed by atoms with Gasteiger partial charge < -0.3 is 15.6 Å². The summed E-state index contributed by atoms with van der Waals surface area (Å²) in [6, 6.07) is 20.7. The molecule has 3 N–H and O–H groups in total. The molecule has 0 fully saturated rings. The second-order valence-electron chi connectivity index (χ2n) is 6.76. The molecule has 5 heteroatoms. The summed E-state index contributed by atoms with van der Waals surface area (Å²) in [6.07, 6.45) is 0.669. The van der Waals surface area contributed by atoms with Gasteiger partial charge in [-0.15, -0.1) is 0 Å². The number of nitrogens with two attached hydrogens (primary N) is 1. The molecule has 0 radical (unpaired) electrons. The number of fused-ring (bicyclic) bond motifs is 3. The maximum atomic E-state index is 12.3. The molecular formula is C23H19NO4. The Morgan fingerprint density at radius 1 is 0.929 bits per heavy atom. The smallest absolute Gasteiger partial charge is 0.338 e. The lowest BCUT2D eigenvalue weighted by Crippen LogP contribution is -2.11. The number of benzene rings is 3. The monoisotopic (exact) mass is 373 g/mol. The minimum absolute atomic E-state index is 0.0317. The van der Waals surface area contributed by atoms with Crippen LogP contribution < -0.4 is 5.73 Å². The van der Waals surface area contributed by atoms with E-state index in [-0.39, 0.29) is 29.3 Å². The van der Waals surface area contributed by atoms with Crippen LogP contribution in [0.4, 0.5) is 5.69 Å². The molecule has 140 valence electrons. The molecule has 0 saturated carbocycles. The number of ether oxygens (including phenoxy) is 1. The van der Waals surface area contributed by atoms with Gasteiger partial charge in [0.05, 0.1) is 17.7 Å². The van der Waals surface area contributed by atoms with Gasteiger partial charge >= 0.3 is 11.9 Å². The van der Waals surface area contributed by atoms with Crippen LogP contribution in [0.3, 0.4) is 0 Å². The van der Waals surface area contributed by atoms with Crippen molar-refractivity contribution in [2.75, 3.05) is 12.3 Å². The first-order chi connectivity index (χ1) is 13.6. The molecule has 3 aromatic rings. The SMILES string of the molecule is Nc1cc(C(=O)OCCC2c3ccccc3-c3ccccc32)ccc1C(=O)O. The summed E-state index contributed by atoms with van der Waals surface area (Å²) in [4.78, 5) is 23.3. The number of rotatable bonds is 5. The summed E-state index contributed by atoms with van der Waals surface area (Å²) >= 11 is 0. The van der Waals surface area contributed by atoms with E-state index in [4.69, 9.17) is 15.6 Å². The van der Waals surface area contributed by atoms with E-state index >= 15 is 0 Å². The summed E-state index contributed by atoms with van der Waals surface area (Å²) in [5, 5.41) is 9.02. The number of carbonyl (C=O) groups is 2. The van der Waals surface area contributed by atoms with E-state index in [1.54, 1.807) is 0 Å². The third-order valence-corrected chi connectivity index (χ3v) is 5.12. The summed E-state index contributed by atoms with van der Waals surface area (Å²) in [5.41, 5.74) is 10.9. The highest BCUT2D eigenvalue weighted by atomic mass is 16.5. The fourth-order valence-electron chi connectivity index (χ4n) is 3.81. The number of carboxylic acid groups (broad SMARTS) is 1.